The minimum Gasteiger partial charge on any atom is -0.475 e. The molecule has 5 nitrogen and oxygen atoms in total. The molecule has 1 heterocycles. The van der Waals surface area contributed by atoms with E-state index in [9.17, 15) is 18.0 Å². The molecule has 2 aromatic carbocycles. The molecule has 27 heavy (non-hydrogen) atoms. The van der Waals surface area contributed by atoms with Crippen LogP contribution in [0.15, 0.2) is 42.5 Å². The second-order valence-electron chi connectivity index (χ2n) is 5.41. The molecule has 0 unspecified atom stereocenters. The molecule has 0 saturated heterocycles. The van der Waals surface area contributed by atoms with Crippen LogP contribution in [0.25, 0.3) is 16.8 Å². The Morgan fingerprint density at radius 1 is 1.15 bits per heavy atom. The van der Waals surface area contributed by atoms with Crippen LogP contribution in [-0.4, -0.2) is 25.8 Å². The Hall–Kier alpha value is -2.58. The molecule has 3 aromatic rings. The second-order valence-corrected chi connectivity index (χ2v) is 6.11. The first-order valence-electron chi connectivity index (χ1n) is 7.44. The van der Waals surface area contributed by atoms with Gasteiger partial charge in [0.25, 0.3) is 5.82 Å². The predicted octanol–water partition coefficient (Wildman–Crippen LogP) is 5.04. The smallest absolute Gasteiger partial charge is 0.417 e. The van der Waals surface area contributed by atoms with Crippen molar-refractivity contribution in [2.24, 2.45) is 0 Å². The topological polar surface area (TPSA) is 68.0 Å². The zero-order valence-corrected chi connectivity index (χ0v) is 14.8. The van der Waals surface area contributed by atoms with Crippen LogP contribution >= 0.6 is 23.2 Å². The number of aromatic nitrogens is 3. The van der Waals surface area contributed by atoms with E-state index in [1.54, 1.807) is 0 Å². The van der Waals surface area contributed by atoms with Crippen molar-refractivity contribution in [2.75, 3.05) is 0 Å². The number of hydrogen-bond donors (Lipinski definition) is 1. The van der Waals surface area contributed by atoms with E-state index in [-0.39, 0.29) is 33.5 Å². The molecule has 0 aliphatic rings. The summed E-state index contributed by atoms with van der Waals surface area (Å²) >= 11 is 11.8. The second kappa shape index (κ2) is 7.21. The quantitative estimate of drug-likeness (QED) is 0.605. The normalized spacial score (nSPS) is 11.6. The maximum Gasteiger partial charge on any atom is 0.417 e. The lowest BCUT2D eigenvalue weighted by molar-refractivity contribution is -0.137. The lowest BCUT2D eigenvalue weighted by Crippen LogP contribution is -2.09. The highest BCUT2D eigenvalue weighted by Crippen LogP contribution is 2.40. The van der Waals surface area contributed by atoms with Crippen LogP contribution in [0, 0.1) is 0 Å². The highest BCUT2D eigenvalue weighted by molar-refractivity contribution is 6.31. The maximum atomic E-state index is 13.5. The largest absolute Gasteiger partial charge is 0.475 e. The first kappa shape index (κ1) is 19.2. The van der Waals surface area contributed by atoms with Gasteiger partial charge in [0.05, 0.1) is 17.1 Å². The molecule has 3 rings (SSSR count). The Morgan fingerprint density at radius 3 is 2.48 bits per heavy atom. The number of alkyl halides is 4. The van der Waals surface area contributed by atoms with Crippen LogP contribution in [0.5, 0.6) is 0 Å². The van der Waals surface area contributed by atoms with Crippen molar-refractivity contribution >= 4 is 29.2 Å². The van der Waals surface area contributed by atoms with Crippen LogP contribution in [0.3, 0.4) is 0 Å². The van der Waals surface area contributed by atoms with Gasteiger partial charge in [-0.25, -0.2) is 14.5 Å². The Bertz CT molecular complexity index is 1020. The van der Waals surface area contributed by atoms with Gasteiger partial charge in [0.15, 0.2) is 0 Å². The molecule has 0 amide bonds. The third-order valence-electron chi connectivity index (χ3n) is 3.69. The summed E-state index contributed by atoms with van der Waals surface area (Å²) in [7, 11) is 0. The van der Waals surface area contributed by atoms with E-state index in [4.69, 9.17) is 28.3 Å². The van der Waals surface area contributed by atoms with Gasteiger partial charge < -0.3 is 5.11 Å². The van der Waals surface area contributed by atoms with Crippen LogP contribution in [-0.2, 0) is 12.1 Å². The molecular weight excluding hydrogens is 406 g/mol. The van der Waals surface area contributed by atoms with Gasteiger partial charge in [-0.15, -0.1) is 16.7 Å². The summed E-state index contributed by atoms with van der Waals surface area (Å²) in [6.07, 6.45) is -4.60. The Morgan fingerprint density at radius 2 is 1.85 bits per heavy atom. The van der Waals surface area contributed by atoms with Gasteiger partial charge in [0, 0.05) is 10.6 Å². The van der Waals surface area contributed by atoms with Crippen LogP contribution in [0.1, 0.15) is 22.0 Å². The van der Waals surface area contributed by atoms with E-state index in [1.807, 2.05) is 0 Å². The first-order chi connectivity index (χ1) is 12.7. The van der Waals surface area contributed by atoms with Crippen molar-refractivity contribution in [3.8, 4) is 16.8 Å². The number of aromatic carboxylic acids is 1. The van der Waals surface area contributed by atoms with E-state index < -0.39 is 23.5 Å². The molecule has 10 heteroatoms. The summed E-state index contributed by atoms with van der Waals surface area (Å²) in [5, 5.41) is 13.2. The number of hydrogen-bond acceptors (Lipinski definition) is 3. The average Bonchev–Trinajstić information content (AvgIpc) is 3.05. The number of carboxylic acid groups (broad SMARTS) is 1. The van der Waals surface area contributed by atoms with E-state index in [2.05, 4.69) is 10.1 Å². The Labute approximate surface area is 161 Å². The molecule has 0 saturated carbocycles. The van der Waals surface area contributed by atoms with Crippen LogP contribution in [0.4, 0.5) is 13.2 Å². The third-order valence-corrected chi connectivity index (χ3v) is 4.17. The predicted molar refractivity (Wildman–Crippen MR) is 93.3 cm³/mol. The number of benzene rings is 2. The van der Waals surface area contributed by atoms with E-state index in [1.165, 1.54) is 36.4 Å². The average molecular weight is 416 g/mol. The number of nitrogens with zero attached hydrogens (tertiary/aromatic N) is 3. The molecule has 0 fully saturated rings. The zero-order valence-electron chi connectivity index (χ0n) is 13.3. The molecular formula is C17H10Cl2F3N3O2. The monoisotopic (exact) mass is 415 g/mol. The van der Waals surface area contributed by atoms with Crippen molar-refractivity contribution in [2.45, 2.75) is 12.1 Å². The SMILES string of the molecule is O=C(O)c1nc(CCl)n(-c2ccc(Cl)cc2-c2ccccc2C(F)(F)F)n1. The van der Waals surface area contributed by atoms with Crippen molar-refractivity contribution < 1.29 is 23.1 Å². The summed E-state index contributed by atoms with van der Waals surface area (Å²) in [5.41, 5.74) is -0.703. The lowest BCUT2D eigenvalue weighted by atomic mass is 9.97. The van der Waals surface area contributed by atoms with E-state index in [0.717, 1.165) is 10.7 Å². The summed E-state index contributed by atoms with van der Waals surface area (Å²) in [4.78, 5) is 15.0. The Balaban J connectivity index is 2.30. The van der Waals surface area contributed by atoms with E-state index in [0.29, 0.717) is 0 Å². The van der Waals surface area contributed by atoms with Crippen molar-refractivity contribution in [1.82, 2.24) is 14.8 Å². The van der Waals surface area contributed by atoms with Crippen LogP contribution < -0.4 is 0 Å². The van der Waals surface area contributed by atoms with Gasteiger partial charge in [-0.3, -0.25) is 0 Å². The lowest BCUT2D eigenvalue weighted by Gasteiger charge is -2.16. The van der Waals surface area contributed by atoms with Crippen molar-refractivity contribution in [1.29, 1.82) is 0 Å². The maximum absolute atomic E-state index is 13.5. The molecule has 0 aliphatic heterocycles. The van der Waals surface area contributed by atoms with Crippen LogP contribution in [0.2, 0.25) is 5.02 Å². The fourth-order valence-corrected chi connectivity index (χ4v) is 2.93. The molecule has 0 bridgehead atoms. The zero-order chi connectivity index (χ0) is 19.8. The number of carbonyl (C=O) groups is 1. The molecule has 0 radical (unpaired) electrons. The van der Waals surface area contributed by atoms with Gasteiger partial charge >= 0.3 is 12.1 Å². The molecule has 140 valence electrons. The number of rotatable bonds is 4. The van der Waals surface area contributed by atoms with Gasteiger partial charge in [-0.2, -0.15) is 13.2 Å². The van der Waals surface area contributed by atoms with Gasteiger partial charge in [0.2, 0.25) is 0 Å². The highest BCUT2D eigenvalue weighted by Gasteiger charge is 2.34. The number of halogens is 5. The fourth-order valence-electron chi connectivity index (χ4n) is 2.59. The molecule has 0 spiro atoms. The van der Waals surface area contributed by atoms with Gasteiger partial charge in [-0.1, -0.05) is 29.8 Å². The fraction of sp³-hybridized carbons (Fsp3) is 0.118. The van der Waals surface area contributed by atoms with Gasteiger partial charge in [-0.05, 0) is 29.8 Å². The van der Waals surface area contributed by atoms with Crippen molar-refractivity contribution in [3.05, 3.63) is 64.7 Å². The molecule has 0 aliphatic carbocycles. The minimum absolute atomic E-state index is 0.0714. The Kier molecular flexibility index (Phi) is 5.12. The third kappa shape index (κ3) is 3.77. The molecule has 1 N–H and O–H groups in total. The van der Waals surface area contributed by atoms with E-state index >= 15 is 0 Å². The molecule has 0 atom stereocenters. The summed E-state index contributed by atoms with van der Waals surface area (Å²) < 4.78 is 41.5. The minimum atomic E-state index is -4.60. The summed E-state index contributed by atoms with van der Waals surface area (Å²) in [5.74, 6) is -2.02. The van der Waals surface area contributed by atoms with Gasteiger partial charge in [0.1, 0.15) is 5.82 Å². The molecule has 1 aromatic heterocycles. The highest BCUT2D eigenvalue weighted by atomic mass is 35.5. The van der Waals surface area contributed by atoms with Crippen molar-refractivity contribution in [3.63, 3.8) is 0 Å². The summed E-state index contributed by atoms with van der Waals surface area (Å²) in [6, 6.07) is 9.22. The standard InChI is InChI=1S/C17H10Cl2F3N3O2/c18-8-14-23-15(16(26)27)24-25(14)13-6-5-9(19)7-11(13)10-3-1-2-4-12(10)17(20,21)22/h1-7H,8H2,(H,26,27). The number of carboxylic acids is 1. The summed E-state index contributed by atoms with van der Waals surface area (Å²) in [6.45, 7) is 0. The first-order valence-corrected chi connectivity index (χ1v) is 8.35.